The van der Waals surface area contributed by atoms with Crippen molar-refractivity contribution in [3.05, 3.63) is 0 Å². The SMILES string of the molecule is CCCCC(CC)C(=O)OCCOCCOCCOCC(=O)OC. The van der Waals surface area contributed by atoms with Gasteiger partial charge in [-0.3, -0.25) is 4.79 Å². The van der Waals surface area contributed by atoms with Gasteiger partial charge in [0.05, 0.1) is 46.1 Å². The largest absolute Gasteiger partial charge is 0.467 e. The molecule has 0 aliphatic heterocycles. The minimum Gasteiger partial charge on any atom is -0.467 e. The predicted octanol–water partition coefficient (Wildman–Crippen LogP) is 1.97. The highest BCUT2D eigenvalue weighted by atomic mass is 16.6. The van der Waals surface area contributed by atoms with Gasteiger partial charge >= 0.3 is 11.9 Å². The highest BCUT2D eigenvalue weighted by Gasteiger charge is 2.16. The number of hydrogen-bond acceptors (Lipinski definition) is 7. The van der Waals surface area contributed by atoms with Crippen LogP contribution in [0.4, 0.5) is 0 Å². The van der Waals surface area contributed by atoms with Gasteiger partial charge in [-0.2, -0.15) is 0 Å². The highest BCUT2D eigenvalue weighted by molar-refractivity contribution is 5.72. The van der Waals surface area contributed by atoms with Crippen LogP contribution >= 0.6 is 0 Å². The average Bonchev–Trinajstić information content (AvgIpc) is 2.59. The highest BCUT2D eigenvalue weighted by Crippen LogP contribution is 2.14. The molecule has 142 valence electrons. The number of methoxy groups -OCH3 is 1. The zero-order valence-electron chi connectivity index (χ0n) is 15.2. The van der Waals surface area contributed by atoms with Crippen LogP contribution in [0.15, 0.2) is 0 Å². The maximum atomic E-state index is 11.8. The monoisotopic (exact) mass is 348 g/mol. The number of unbranched alkanes of at least 4 members (excludes halogenated alkanes) is 1. The smallest absolute Gasteiger partial charge is 0.331 e. The lowest BCUT2D eigenvalue weighted by Gasteiger charge is -2.13. The number of hydrogen-bond donors (Lipinski definition) is 0. The molecule has 0 aliphatic rings. The fourth-order valence-electron chi connectivity index (χ4n) is 1.91. The Bertz CT molecular complexity index is 320. The number of ether oxygens (including phenoxy) is 5. The second kappa shape index (κ2) is 16.7. The standard InChI is InChI=1S/C17H32O7/c1-4-6-7-15(5-2)17(19)24-13-12-22-9-8-21-10-11-23-14-16(18)20-3/h15H,4-14H2,1-3H3. The summed E-state index contributed by atoms with van der Waals surface area (Å²) in [6.07, 6.45) is 3.83. The summed E-state index contributed by atoms with van der Waals surface area (Å²) in [7, 11) is 1.31. The molecule has 1 unspecified atom stereocenters. The average molecular weight is 348 g/mol. The number of carbonyl (C=O) groups excluding carboxylic acids is 2. The lowest BCUT2D eigenvalue weighted by Crippen LogP contribution is -2.20. The second-order valence-corrected chi connectivity index (χ2v) is 5.27. The van der Waals surface area contributed by atoms with Gasteiger partial charge in [0.15, 0.2) is 0 Å². The molecule has 24 heavy (non-hydrogen) atoms. The molecule has 0 heterocycles. The normalized spacial score (nSPS) is 12.0. The van der Waals surface area contributed by atoms with Crippen molar-refractivity contribution in [1.82, 2.24) is 0 Å². The summed E-state index contributed by atoms with van der Waals surface area (Å²) >= 11 is 0. The molecule has 0 fully saturated rings. The van der Waals surface area contributed by atoms with Crippen LogP contribution in [0, 0.1) is 5.92 Å². The van der Waals surface area contributed by atoms with Crippen molar-refractivity contribution in [2.75, 3.05) is 53.4 Å². The number of carbonyl (C=O) groups is 2. The first-order chi connectivity index (χ1) is 11.7. The Morgan fingerprint density at radius 2 is 1.46 bits per heavy atom. The molecule has 0 aromatic carbocycles. The lowest BCUT2D eigenvalue weighted by atomic mass is 10.00. The Morgan fingerprint density at radius 1 is 0.875 bits per heavy atom. The van der Waals surface area contributed by atoms with Crippen molar-refractivity contribution < 1.29 is 33.3 Å². The Morgan fingerprint density at radius 3 is 2.00 bits per heavy atom. The molecule has 0 radical (unpaired) electrons. The molecule has 0 saturated heterocycles. The van der Waals surface area contributed by atoms with Crippen LogP contribution in [0.5, 0.6) is 0 Å². The summed E-state index contributed by atoms with van der Waals surface area (Å²) in [5, 5.41) is 0. The van der Waals surface area contributed by atoms with Crippen molar-refractivity contribution >= 4 is 11.9 Å². The fraction of sp³-hybridized carbons (Fsp3) is 0.882. The topological polar surface area (TPSA) is 80.3 Å². The molecule has 0 aromatic rings. The maximum absolute atomic E-state index is 11.8. The second-order valence-electron chi connectivity index (χ2n) is 5.27. The number of rotatable bonds is 16. The van der Waals surface area contributed by atoms with Crippen molar-refractivity contribution in [2.45, 2.75) is 39.5 Å². The van der Waals surface area contributed by atoms with Gasteiger partial charge in [-0.05, 0) is 12.8 Å². The summed E-state index contributed by atoms with van der Waals surface area (Å²) in [5.74, 6) is -0.542. The van der Waals surface area contributed by atoms with E-state index in [1.807, 2.05) is 6.92 Å². The first-order valence-electron chi connectivity index (χ1n) is 8.62. The van der Waals surface area contributed by atoms with Gasteiger partial charge in [0, 0.05) is 0 Å². The summed E-state index contributed by atoms with van der Waals surface area (Å²) in [6, 6.07) is 0. The van der Waals surface area contributed by atoms with Crippen LogP contribution in [0.2, 0.25) is 0 Å². The zero-order valence-corrected chi connectivity index (χ0v) is 15.2. The molecule has 0 rings (SSSR count). The fourth-order valence-corrected chi connectivity index (χ4v) is 1.91. The Kier molecular flexibility index (Phi) is 15.9. The molecule has 0 amide bonds. The van der Waals surface area contributed by atoms with Crippen LogP contribution in [-0.2, 0) is 33.3 Å². The minimum atomic E-state index is -0.409. The van der Waals surface area contributed by atoms with Crippen LogP contribution in [-0.4, -0.2) is 65.3 Å². The maximum Gasteiger partial charge on any atom is 0.331 e. The molecule has 0 N–H and O–H groups in total. The van der Waals surface area contributed by atoms with Gasteiger partial charge in [0.1, 0.15) is 13.2 Å². The molecular formula is C17H32O7. The summed E-state index contributed by atoms with van der Waals surface area (Å²) in [6.45, 7) is 6.21. The number of esters is 2. The van der Waals surface area contributed by atoms with Gasteiger partial charge in [-0.25, -0.2) is 4.79 Å². The molecular weight excluding hydrogens is 316 g/mol. The lowest BCUT2D eigenvalue weighted by molar-refractivity contribution is -0.150. The van der Waals surface area contributed by atoms with E-state index < -0.39 is 5.97 Å². The van der Waals surface area contributed by atoms with E-state index in [0.717, 1.165) is 25.7 Å². The van der Waals surface area contributed by atoms with E-state index in [9.17, 15) is 9.59 Å². The van der Waals surface area contributed by atoms with Crippen LogP contribution in [0.25, 0.3) is 0 Å². The van der Waals surface area contributed by atoms with Crippen LogP contribution in [0.3, 0.4) is 0 Å². The van der Waals surface area contributed by atoms with E-state index in [4.69, 9.17) is 18.9 Å². The van der Waals surface area contributed by atoms with Crippen LogP contribution in [0.1, 0.15) is 39.5 Å². The summed E-state index contributed by atoms with van der Waals surface area (Å²) in [5.41, 5.74) is 0. The summed E-state index contributed by atoms with van der Waals surface area (Å²) < 4.78 is 25.3. The Balaban J connectivity index is 3.38. The van der Waals surface area contributed by atoms with E-state index in [1.165, 1.54) is 7.11 Å². The zero-order chi connectivity index (χ0) is 18.0. The van der Waals surface area contributed by atoms with Crippen molar-refractivity contribution in [3.63, 3.8) is 0 Å². The van der Waals surface area contributed by atoms with E-state index in [-0.39, 0.29) is 25.1 Å². The van der Waals surface area contributed by atoms with E-state index >= 15 is 0 Å². The third-order valence-corrected chi connectivity index (χ3v) is 3.40. The third kappa shape index (κ3) is 13.3. The first kappa shape index (κ1) is 22.8. The summed E-state index contributed by atoms with van der Waals surface area (Å²) in [4.78, 5) is 22.6. The van der Waals surface area contributed by atoms with Crippen molar-refractivity contribution in [2.24, 2.45) is 5.92 Å². The molecule has 0 saturated carbocycles. The molecule has 7 nitrogen and oxygen atoms in total. The minimum absolute atomic E-state index is 0.00160. The molecule has 0 spiro atoms. The van der Waals surface area contributed by atoms with Gasteiger partial charge in [0.2, 0.25) is 0 Å². The quantitative estimate of drug-likeness (QED) is 0.311. The van der Waals surface area contributed by atoms with Gasteiger partial charge in [-0.15, -0.1) is 0 Å². The van der Waals surface area contributed by atoms with Gasteiger partial charge < -0.3 is 23.7 Å². The van der Waals surface area contributed by atoms with Gasteiger partial charge in [0.25, 0.3) is 0 Å². The Hall–Kier alpha value is -1.18. The third-order valence-electron chi connectivity index (χ3n) is 3.40. The van der Waals surface area contributed by atoms with E-state index in [2.05, 4.69) is 11.7 Å². The molecule has 1 atom stereocenters. The Labute approximate surface area is 144 Å². The van der Waals surface area contributed by atoms with E-state index in [0.29, 0.717) is 33.0 Å². The molecule has 0 aliphatic carbocycles. The molecule has 0 bridgehead atoms. The first-order valence-corrected chi connectivity index (χ1v) is 8.62. The van der Waals surface area contributed by atoms with Gasteiger partial charge in [-0.1, -0.05) is 26.7 Å². The van der Waals surface area contributed by atoms with Crippen molar-refractivity contribution in [3.8, 4) is 0 Å². The van der Waals surface area contributed by atoms with Crippen LogP contribution < -0.4 is 0 Å². The van der Waals surface area contributed by atoms with Crippen molar-refractivity contribution in [1.29, 1.82) is 0 Å². The van der Waals surface area contributed by atoms with E-state index in [1.54, 1.807) is 0 Å². The molecule has 0 aromatic heterocycles. The molecule has 7 heteroatoms. The predicted molar refractivity (Wildman–Crippen MR) is 88.7 cm³/mol.